The van der Waals surface area contributed by atoms with Crippen molar-refractivity contribution in [2.75, 3.05) is 43.2 Å². The summed E-state index contributed by atoms with van der Waals surface area (Å²) in [4.78, 5) is 28.3. The molecule has 9 nitrogen and oxygen atoms in total. The highest BCUT2D eigenvalue weighted by molar-refractivity contribution is 7.81. The van der Waals surface area contributed by atoms with Crippen LogP contribution in [0.2, 0.25) is 0 Å². The number of nitrogens with zero attached hydrogens (tertiary/aromatic N) is 6. The average Bonchev–Trinajstić information content (AvgIpc) is 3.10. The Morgan fingerprint density at radius 2 is 1.94 bits per heavy atom. The SMILES string of the molecule is COCCN1CCC(Oc2ccc(N3C(=S)N(c4cnc(C#N)c(C)c4)C(=O)C34CCC4)cn2)CC1. The largest absolute Gasteiger partial charge is 0.474 e. The molecule has 3 aliphatic rings. The van der Waals surface area contributed by atoms with Crippen LogP contribution in [0, 0.1) is 18.3 Å². The molecule has 4 heterocycles. The topological polar surface area (TPSA) is 94.8 Å². The molecule has 1 spiro atoms. The fourth-order valence-corrected chi connectivity index (χ4v) is 5.69. The maximum absolute atomic E-state index is 13.6. The number of carbonyl (C=O) groups excluding carboxylic acids is 1. The van der Waals surface area contributed by atoms with Gasteiger partial charge in [-0.05, 0) is 68.9 Å². The molecule has 2 aromatic heterocycles. The molecule has 0 bridgehead atoms. The second-order valence-electron chi connectivity index (χ2n) is 9.62. The van der Waals surface area contributed by atoms with E-state index in [0.29, 0.717) is 27.9 Å². The van der Waals surface area contributed by atoms with Crippen molar-refractivity contribution in [3.05, 3.63) is 41.9 Å². The van der Waals surface area contributed by atoms with Crippen LogP contribution in [-0.2, 0) is 9.53 Å². The van der Waals surface area contributed by atoms with Crippen molar-refractivity contribution in [3.8, 4) is 11.9 Å². The standard InChI is InChI=1S/C26H30N6O3S/c1-18-14-20(17-28-22(18)15-27)31-24(33)26(8-3-9-26)32(25(31)36)19-4-5-23(29-16-19)35-21-6-10-30(11-7-21)12-13-34-2/h4-5,14,16-17,21H,3,6-13H2,1-2H3. The summed E-state index contributed by atoms with van der Waals surface area (Å²) in [5, 5.41) is 9.62. The zero-order valence-corrected chi connectivity index (χ0v) is 21.5. The van der Waals surface area contributed by atoms with Crippen molar-refractivity contribution in [1.82, 2.24) is 14.9 Å². The molecule has 5 rings (SSSR count). The minimum absolute atomic E-state index is 0.0507. The molecule has 2 aromatic rings. The Balaban J connectivity index is 1.31. The van der Waals surface area contributed by atoms with Gasteiger partial charge in [-0.2, -0.15) is 5.26 Å². The van der Waals surface area contributed by atoms with E-state index in [9.17, 15) is 10.1 Å². The molecule has 188 valence electrons. The van der Waals surface area contributed by atoms with Crippen LogP contribution >= 0.6 is 12.2 Å². The van der Waals surface area contributed by atoms with Gasteiger partial charge in [0.15, 0.2) is 5.11 Å². The first kappa shape index (κ1) is 24.6. The van der Waals surface area contributed by atoms with Crippen LogP contribution < -0.4 is 14.5 Å². The third kappa shape index (κ3) is 4.32. The number of aryl methyl sites for hydroxylation is 1. The van der Waals surface area contributed by atoms with Gasteiger partial charge in [0, 0.05) is 32.8 Å². The smallest absolute Gasteiger partial charge is 0.259 e. The van der Waals surface area contributed by atoms with E-state index in [1.807, 2.05) is 24.0 Å². The van der Waals surface area contributed by atoms with E-state index in [1.54, 1.807) is 30.5 Å². The maximum atomic E-state index is 13.6. The molecule has 3 fully saturated rings. The van der Waals surface area contributed by atoms with Gasteiger partial charge in [-0.25, -0.2) is 9.97 Å². The molecule has 2 saturated heterocycles. The number of methoxy groups -OCH3 is 1. The second-order valence-corrected chi connectivity index (χ2v) is 9.99. The number of nitriles is 1. The molecule has 2 aliphatic heterocycles. The highest BCUT2D eigenvalue weighted by Crippen LogP contribution is 2.47. The van der Waals surface area contributed by atoms with Gasteiger partial charge in [-0.15, -0.1) is 0 Å². The molecule has 1 aliphatic carbocycles. The first-order valence-electron chi connectivity index (χ1n) is 12.4. The fraction of sp³-hybridized carbons (Fsp3) is 0.500. The molecule has 36 heavy (non-hydrogen) atoms. The van der Waals surface area contributed by atoms with Crippen LogP contribution in [0.1, 0.15) is 43.4 Å². The highest BCUT2D eigenvalue weighted by atomic mass is 32.1. The molecule has 0 N–H and O–H groups in total. The van der Waals surface area contributed by atoms with Crippen LogP contribution in [0.4, 0.5) is 11.4 Å². The van der Waals surface area contributed by atoms with Gasteiger partial charge >= 0.3 is 0 Å². The Morgan fingerprint density at radius 3 is 2.53 bits per heavy atom. The molecule has 1 saturated carbocycles. The van der Waals surface area contributed by atoms with Gasteiger partial charge in [0.05, 0.1) is 30.4 Å². The number of hydrogen-bond donors (Lipinski definition) is 0. The minimum atomic E-state index is -0.696. The number of likely N-dealkylation sites (tertiary alicyclic amines) is 1. The maximum Gasteiger partial charge on any atom is 0.259 e. The predicted octanol–water partition coefficient (Wildman–Crippen LogP) is 3.21. The van der Waals surface area contributed by atoms with Crippen molar-refractivity contribution in [2.24, 2.45) is 0 Å². The first-order chi connectivity index (χ1) is 17.5. The molecule has 0 radical (unpaired) electrons. The monoisotopic (exact) mass is 506 g/mol. The van der Waals surface area contributed by atoms with Crippen LogP contribution in [0.5, 0.6) is 5.88 Å². The summed E-state index contributed by atoms with van der Waals surface area (Å²) in [5.74, 6) is 0.530. The van der Waals surface area contributed by atoms with E-state index in [0.717, 1.165) is 64.0 Å². The lowest BCUT2D eigenvalue weighted by Gasteiger charge is -2.42. The fourth-order valence-electron chi connectivity index (χ4n) is 5.22. The summed E-state index contributed by atoms with van der Waals surface area (Å²) in [6.45, 7) is 5.47. The lowest BCUT2D eigenvalue weighted by molar-refractivity contribution is -0.123. The van der Waals surface area contributed by atoms with Crippen LogP contribution in [0.15, 0.2) is 30.6 Å². The first-order valence-corrected chi connectivity index (χ1v) is 12.8. The molecule has 10 heteroatoms. The van der Waals surface area contributed by atoms with E-state index >= 15 is 0 Å². The summed E-state index contributed by atoms with van der Waals surface area (Å²) < 4.78 is 11.3. The third-order valence-corrected chi connectivity index (χ3v) is 7.80. The zero-order valence-electron chi connectivity index (χ0n) is 20.6. The Labute approximate surface area is 216 Å². The minimum Gasteiger partial charge on any atom is -0.474 e. The quantitative estimate of drug-likeness (QED) is 0.525. The normalized spacial score (nSPS) is 20.0. The van der Waals surface area contributed by atoms with Crippen LogP contribution in [-0.4, -0.2) is 70.9 Å². The van der Waals surface area contributed by atoms with Gasteiger partial charge < -0.3 is 19.3 Å². The second kappa shape index (κ2) is 10.1. The van der Waals surface area contributed by atoms with Crippen molar-refractivity contribution in [1.29, 1.82) is 5.26 Å². The Bertz CT molecular complexity index is 1190. The van der Waals surface area contributed by atoms with Crippen molar-refractivity contribution < 1.29 is 14.3 Å². The molecular formula is C26H30N6O3S. The number of thiocarbonyl (C=S) groups is 1. The Morgan fingerprint density at radius 1 is 1.19 bits per heavy atom. The number of amides is 1. The van der Waals surface area contributed by atoms with Crippen molar-refractivity contribution in [2.45, 2.75) is 50.7 Å². The van der Waals surface area contributed by atoms with Gasteiger partial charge in [-0.1, -0.05) is 0 Å². The number of piperidine rings is 1. The summed E-state index contributed by atoms with van der Waals surface area (Å²) in [5.41, 5.74) is 1.71. The lowest BCUT2D eigenvalue weighted by atomic mass is 9.75. The van der Waals surface area contributed by atoms with Gasteiger partial charge in [0.25, 0.3) is 5.91 Å². The Kier molecular flexibility index (Phi) is 6.88. The van der Waals surface area contributed by atoms with E-state index in [4.69, 9.17) is 21.7 Å². The van der Waals surface area contributed by atoms with Gasteiger partial charge in [0.1, 0.15) is 23.4 Å². The molecule has 0 atom stereocenters. The number of pyridine rings is 2. The Hall–Kier alpha value is -3.13. The molecule has 0 aromatic carbocycles. The number of rotatable bonds is 7. The van der Waals surface area contributed by atoms with Gasteiger partial charge in [0.2, 0.25) is 5.88 Å². The summed E-state index contributed by atoms with van der Waals surface area (Å²) in [6.07, 6.45) is 7.74. The summed E-state index contributed by atoms with van der Waals surface area (Å²) >= 11 is 5.83. The number of aromatic nitrogens is 2. The molecule has 1 amide bonds. The molecular weight excluding hydrogens is 476 g/mol. The van der Waals surface area contributed by atoms with E-state index < -0.39 is 5.54 Å². The number of anilines is 2. The lowest BCUT2D eigenvalue weighted by Crippen LogP contribution is -2.55. The number of carbonyl (C=O) groups is 1. The van der Waals surface area contributed by atoms with Crippen molar-refractivity contribution in [3.63, 3.8) is 0 Å². The molecule has 0 unspecified atom stereocenters. The van der Waals surface area contributed by atoms with E-state index in [-0.39, 0.29) is 12.0 Å². The zero-order chi connectivity index (χ0) is 25.3. The van der Waals surface area contributed by atoms with Crippen LogP contribution in [0.25, 0.3) is 0 Å². The van der Waals surface area contributed by atoms with Crippen molar-refractivity contribution >= 4 is 34.6 Å². The number of hydrogen-bond acceptors (Lipinski definition) is 8. The number of ether oxygens (including phenoxy) is 2. The van der Waals surface area contributed by atoms with Crippen LogP contribution in [0.3, 0.4) is 0 Å². The van der Waals surface area contributed by atoms with E-state index in [1.165, 1.54) is 0 Å². The highest BCUT2D eigenvalue weighted by Gasteiger charge is 2.59. The van der Waals surface area contributed by atoms with Gasteiger partial charge in [-0.3, -0.25) is 9.69 Å². The predicted molar refractivity (Wildman–Crippen MR) is 139 cm³/mol. The third-order valence-electron chi connectivity index (χ3n) is 7.43. The summed E-state index contributed by atoms with van der Waals surface area (Å²) in [7, 11) is 1.73. The summed E-state index contributed by atoms with van der Waals surface area (Å²) in [6, 6.07) is 7.66. The van der Waals surface area contributed by atoms with E-state index in [2.05, 4.69) is 20.9 Å². The average molecular weight is 507 g/mol.